The first-order valence-corrected chi connectivity index (χ1v) is 6.96. The summed E-state index contributed by atoms with van der Waals surface area (Å²) in [6, 6.07) is 3.68. The fourth-order valence-corrected chi connectivity index (χ4v) is 2.44. The number of ether oxygens (including phenoxy) is 1. The molecule has 0 aliphatic heterocycles. The zero-order valence-electron chi connectivity index (χ0n) is 12.2. The summed E-state index contributed by atoms with van der Waals surface area (Å²) < 4.78 is 32.4. The van der Waals surface area contributed by atoms with Crippen molar-refractivity contribution in [2.45, 2.75) is 12.3 Å². The first-order chi connectivity index (χ1) is 11.1. The van der Waals surface area contributed by atoms with Crippen LogP contribution in [0.4, 0.5) is 14.6 Å². The monoisotopic (exact) mass is 320 g/mol. The van der Waals surface area contributed by atoms with Crippen molar-refractivity contribution in [2.75, 3.05) is 12.5 Å². The number of benzene rings is 1. The van der Waals surface area contributed by atoms with E-state index >= 15 is 0 Å². The molecule has 0 bridgehead atoms. The van der Waals surface area contributed by atoms with E-state index in [0.29, 0.717) is 6.42 Å². The third-order valence-corrected chi connectivity index (χ3v) is 3.66. The molecular weight excluding hydrogens is 306 g/mol. The second-order valence-electron chi connectivity index (χ2n) is 5.11. The molecular formula is C15H14F2N4O2. The molecule has 2 atom stereocenters. The molecule has 120 valence electrons. The number of nitrogens with zero attached hydrogens (tertiary/aromatic N) is 2. The Bertz CT molecular complexity index is 721. The highest BCUT2D eigenvalue weighted by molar-refractivity contribution is 5.84. The van der Waals surface area contributed by atoms with Crippen molar-refractivity contribution in [3.05, 3.63) is 47.8 Å². The van der Waals surface area contributed by atoms with E-state index in [-0.39, 0.29) is 23.2 Å². The molecule has 3 rings (SSSR count). The number of halogens is 2. The third kappa shape index (κ3) is 3.05. The van der Waals surface area contributed by atoms with Gasteiger partial charge in [0.15, 0.2) is 0 Å². The summed E-state index contributed by atoms with van der Waals surface area (Å²) in [6.45, 7) is 0. The van der Waals surface area contributed by atoms with Crippen LogP contribution < -0.4 is 15.6 Å². The van der Waals surface area contributed by atoms with Gasteiger partial charge in [0.1, 0.15) is 11.6 Å². The summed E-state index contributed by atoms with van der Waals surface area (Å²) in [4.78, 5) is 20.0. The number of hydrazine groups is 1. The van der Waals surface area contributed by atoms with Gasteiger partial charge >= 0.3 is 0 Å². The molecule has 1 amide bonds. The Labute approximate surface area is 130 Å². The molecule has 0 spiro atoms. The number of nitrogens with one attached hydrogen (secondary N) is 2. The normalized spacial score (nSPS) is 19.1. The SMILES string of the molecule is COc1nccnc1NNC(=O)C1CC1c1c(F)cccc1F. The van der Waals surface area contributed by atoms with Crippen molar-refractivity contribution in [3.63, 3.8) is 0 Å². The maximum absolute atomic E-state index is 13.7. The number of methoxy groups -OCH3 is 1. The van der Waals surface area contributed by atoms with Gasteiger partial charge in [-0.15, -0.1) is 0 Å². The van der Waals surface area contributed by atoms with Crippen LogP contribution in [-0.2, 0) is 4.79 Å². The lowest BCUT2D eigenvalue weighted by molar-refractivity contribution is -0.121. The average Bonchev–Trinajstić information content (AvgIpc) is 3.33. The number of amides is 1. The van der Waals surface area contributed by atoms with Crippen LogP contribution in [0.1, 0.15) is 17.9 Å². The fraction of sp³-hybridized carbons (Fsp3) is 0.267. The quantitative estimate of drug-likeness (QED) is 0.824. The summed E-state index contributed by atoms with van der Waals surface area (Å²) in [5.41, 5.74) is 5.02. The molecule has 2 unspecified atom stereocenters. The van der Waals surface area contributed by atoms with Crippen LogP contribution in [0, 0.1) is 17.6 Å². The highest BCUT2D eigenvalue weighted by atomic mass is 19.1. The molecule has 2 aromatic rings. The van der Waals surface area contributed by atoms with Crippen LogP contribution >= 0.6 is 0 Å². The van der Waals surface area contributed by atoms with Crippen molar-refractivity contribution < 1.29 is 18.3 Å². The molecule has 1 aliphatic rings. The van der Waals surface area contributed by atoms with E-state index in [4.69, 9.17) is 4.74 Å². The van der Waals surface area contributed by atoms with Crippen LogP contribution in [0.2, 0.25) is 0 Å². The van der Waals surface area contributed by atoms with Crippen molar-refractivity contribution in [2.24, 2.45) is 5.92 Å². The number of carbonyl (C=O) groups excluding carboxylic acids is 1. The molecule has 1 aliphatic carbocycles. The minimum absolute atomic E-state index is 0.0373. The van der Waals surface area contributed by atoms with E-state index in [9.17, 15) is 13.6 Å². The molecule has 6 nitrogen and oxygen atoms in total. The number of carbonyl (C=O) groups is 1. The highest BCUT2D eigenvalue weighted by Crippen LogP contribution is 2.49. The second kappa shape index (κ2) is 6.15. The van der Waals surface area contributed by atoms with Crippen molar-refractivity contribution in [1.82, 2.24) is 15.4 Å². The smallest absolute Gasteiger partial charge is 0.258 e. The van der Waals surface area contributed by atoms with Gasteiger partial charge in [-0.2, -0.15) is 0 Å². The second-order valence-corrected chi connectivity index (χ2v) is 5.11. The minimum Gasteiger partial charge on any atom is -0.478 e. The molecule has 23 heavy (non-hydrogen) atoms. The van der Waals surface area contributed by atoms with E-state index in [2.05, 4.69) is 20.8 Å². The van der Waals surface area contributed by atoms with Gasteiger partial charge in [0.05, 0.1) is 7.11 Å². The van der Waals surface area contributed by atoms with Gasteiger partial charge in [0.2, 0.25) is 11.7 Å². The molecule has 1 aromatic heterocycles. The van der Waals surface area contributed by atoms with Crippen LogP contribution in [0.5, 0.6) is 5.88 Å². The Morgan fingerprint density at radius 3 is 2.65 bits per heavy atom. The van der Waals surface area contributed by atoms with Crippen LogP contribution in [0.15, 0.2) is 30.6 Å². The number of hydrogen-bond donors (Lipinski definition) is 2. The summed E-state index contributed by atoms with van der Waals surface area (Å²) >= 11 is 0. The zero-order chi connectivity index (χ0) is 16.4. The standard InChI is InChI=1S/C15H14F2N4O2/c1-23-15-13(18-5-6-19-15)20-21-14(22)9-7-8(9)12-10(16)3-2-4-11(12)17/h2-6,8-9H,7H2,1H3,(H,18,20)(H,21,22). The number of hydrogen-bond acceptors (Lipinski definition) is 5. The average molecular weight is 320 g/mol. The molecule has 0 radical (unpaired) electrons. The summed E-state index contributed by atoms with van der Waals surface area (Å²) in [6.07, 6.45) is 3.28. The summed E-state index contributed by atoms with van der Waals surface area (Å²) in [7, 11) is 1.43. The maximum Gasteiger partial charge on any atom is 0.258 e. The van der Waals surface area contributed by atoms with E-state index in [0.717, 1.165) is 0 Å². The van der Waals surface area contributed by atoms with E-state index < -0.39 is 23.5 Å². The van der Waals surface area contributed by atoms with Gasteiger partial charge in [0.25, 0.3) is 5.88 Å². The Hall–Kier alpha value is -2.77. The Kier molecular flexibility index (Phi) is 4.05. The van der Waals surface area contributed by atoms with Gasteiger partial charge in [0, 0.05) is 29.8 Å². The number of anilines is 1. The fourth-order valence-electron chi connectivity index (χ4n) is 2.44. The van der Waals surface area contributed by atoms with E-state index in [1.807, 2.05) is 0 Å². The predicted molar refractivity (Wildman–Crippen MR) is 77.6 cm³/mol. The summed E-state index contributed by atoms with van der Waals surface area (Å²) in [5, 5.41) is 0. The Balaban J connectivity index is 1.63. The largest absolute Gasteiger partial charge is 0.478 e. The van der Waals surface area contributed by atoms with Crippen molar-refractivity contribution in [1.29, 1.82) is 0 Å². The molecule has 0 saturated heterocycles. The highest BCUT2D eigenvalue weighted by Gasteiger charge is 2.46. The maximum atomic E-state index is 13.7. The number of rotatable bonds is 5. The first kappa shape index (κ1) is 15.1. The lowest BCUT2D eigenvalue weighted by Crippen LogP contribution is -2.31. The van der Waals surface area contributed by atoms with Crippen LogP contribution in [0.25, 0.3) is 0 Å². The van der Waals surface area contributed by atoms with Gasteiger partial charge < -0.3 is 4.74 Å². The van der Waals surface area contributed by atoms with Crippen LogP contribution in [-0.4, -0.2) is 23.0 Å². The van der Waals surface area contributed by atoms with Gasteiger partial charge in [-0.05, 0) is 18.6 Å². The van der Waals surface area contributed by atoms with Crippen molar-refractivity contribution in [3.8, 4) is 5.88 Å². The Morgan fingerprint density at radius 1 is 1.26 bits per heavy atom. The third-order valence-electron chi connectivity index (χ3n) is 3.66. The van der Waals surface area contributed by atoms with Gasteiger partial charge in [-0.1, -0.05) is 6.07 Å². The molecule has 1 fully saturated rings. The first-order valence-electron chi connectivity index (χ1n) is 6.96. The molecule has 1 aromatic carbocycles. The minimum atomic E-state index is -0.631. The molecule has 1 saturated carbocycles. The molecule has 2 N–H and O–H groups in total. The lowest BCUT2D eigenvalue weighted by Gasteiger charge is -2.10. The predicted octanol–water partition coefficient (Wildman–Crippen LogP) is 2.01. The topological polar surface area (TPSA) is 76.1 Å². The lowest BCUT2D eigenvalue weighted by atomic mass is 10.1. The van der Waals surface area contributed by atoms with E-state index in [1.165, 1.54) is 37.7 Å². The van der Waals surface area contributed by atoms with Gasteiger partial charge in [-0.3, -0.25) is 15.6 Å². The molecule has 8 heteroatoms. The van der Waals surface area contributed by atoms with Crippen LogP contribution in [0.3, 0.4) is 0 Å². The Morgan fingerprint density at radius 2 is 1.96 bits per heavy atom. The zero-order valence-corrected chi connectivity index (χ0v) is 12.2. The van der Waals surface area contributed by atoms with Gasteiger partial charge in [-0.25, -0.2) is 18.7 Å². The summed E-state index contributed by atoms with van der Waals surface area (Å²) in [5.74, 6) is -2.11. The molecule has 1 heterocycles. The number of aromatic nitrogens is 2. The van der Waals surface area contributed by atoms with Crippen molar-refractivity contribution >= 4 is 11.7 Å². The van der Waals surface area contributed by atoms with E-state index in [1.54, 1.807) is 0 Å².